The number of hydrogen-bond donors (Lipinski definition) is 1. The summed E-state index contributed by atoms with van der Waals surface area (Å²) in [6.45, 7) is 4.17. The quantitative estimate of drug-likeness (QED) is 0.841. The molecule has 2 aliphatic rings. The van der Waals surface area contributed by atoms with Gasteiger partial charge in [0.1, 0.15) is 0 Å². The summed E-state index contributed by atoms with van der Waals surface area (Å²) in [5, 5.41) is 0. The van der Waals surface area contributed by atoms with Gasteiger partial charge in [0.2, 0.25) is 0 Å². The molecule has 1 aromatic heterocycles. The van der Waals surface area contributed by atoms with Gasteiger partial charge in [0.25, 0.3) is 0 Å². The standard InChI is InChI=1S/C10H13N3.C10H21N/c11-6-10-5-8(3-4-12-10)7-13-9-1-2-9;1-9-4-6-10(7-5-9)8-11(2)3/h3-5,7,9H,1-2,6,11H2;9-10H,4-8H2,1-3H3. The van der Waals surface area contributed by atoms with Crippen molar-refractivity contribution >= 4 is 6.21 Å². The summed E-state index contributed by atoms with van der Waals surface area (Å²) in [6.07, 6.45) is 12.0. The van der Waals surface area contributed by atoms with Gasteiger partial charge >= 0.3 is 0 Å². The molecule has 134 valence electrons. The van der Waals surface area contributed by atoms with Crippen molar-refractivity contribution in [2.45, 2.75) is 58.0 Å². The summed E-state index contributed by atoms with van der Waals surface area (Å²) in [7, 11) is 4.36. The third-order valence-electron chi connectivity index (χ3n) is 4.79. The van der Waals surface area contributed by atoms with Crippen molar-refractivity contribution in [1.82, 2.24) is 9.88 Å². The van der Waals surface area contributed by atoms with Crippen molar-refractivity contribution in [2.75, 3.05) is 20.6 Å². The number of pyridine rings is 1. The molecule has 2 saturated carbocycles. The molecule has 0 aromatic carbocycles. The maximum absolute atomic E-state index is 5.48. The molecule has 2 aliphatic carbocycles. The van der Waals surface area contributed by atoms with Gasteiger partial charge in [-0.05, 0) is 69.3 Å². The second-order valence-electron chi connectivity index (χ2n) is 7.68. The van der Waals surface area contributed by atoms with E-state index in [0.29, 0.717) is 12.6 Å². The SMILES string of the molecule is CC1CCC(CN(C)C)CC1.NCc1cc(C=NC2CC2)ccn1. The van der Waals surface area contributed by atoms with Crippen molar-refractivity contribution in [3.05, 3.63) is 29.6 Å². The Morgan fingerprint density at radius 3 is 2.50 bits per heavy atom. The molecule has 2 N–H and O–H groups in total. The average molecular weight is 331 g/mol. The molecule has 1 heterocycles. The van der Waals surface area contributed by atoms with Gasteiger partial charge in [-0.25, -0.2) is 0 Å². The van der Waals surface area contributed by atoms with E-state index in [1.165, 1.54) is 45.1 Å². The molecule has 3 rings (SSSR count). The molecule has 2 fully saturated rings. The number of aliphatic imine (C=N–C) groups is 1. The van der Waals surface area contributed by atoms with Gasteiger partial charge in [0.15, 0.2) is 0 Å². The number of nitrogens with zero attached hydrogens (tertiary/aromatic N) is 3. The molecule has 0 unspecified atom stereocenters. The Morgan fingerprint density at radius 1 is 1.21 bits per heavy atom. The first kappa shape index (κ1) is 19.1. The third kappa shape index (κ3) is 7.54. The zero-order valence-corrected chi connectivity index (χ0v) is 15.6. The van der Waals surface area contributed by atoms with E-state index in [1.807, 2.05) is 18.3 Å². The van der Waals surface area contributed by atoms with Gasteiger partial charge in [-0.3, -0.25) is 9.98 Å². The number of hydrogen-bond acceptors (Lipinski definition) is 4. The molecule has 0 radical (unpaired) electrons. The number of aromatic nitrogens is 1. The average Bonchev–Trinajstić information content (AvgIpc) is 3.40. The number of nitrogens with two attached hydrogens (primary N) is 1. The van der Waals surface area contributed by atoms with E-state index in [9.17, 15) is 0 Å². The lowest BCUT2D eigenvalue weighted by Gasteiger charge is -2.28. The van der Waals surface area contributed by atoms with Crippen molar-refractivity contribution in [2.24, 2.45) is 22.6 Å². The van der Waals surface area contributed by atoms with Crippen LogP contribution < -0.4 is 5.73 Å². The van der Waals surface area contributed by atoms with Crippen molar-refractivity contribution in [1.29, 1.82) is 0 Å². The smallest absolute Gasteiger partial charge is 0.0545 e. The predicted molar refractivity (Wildman–Crippen MR) is 102 cm³/mol. The minimum atomic E-state index is 0.491. The van der Waals surface area contributed by atoms with Gasteiger partial charge in [0, 0.05) is 25.5 Å². The summed E-state index contributed by atoms with van der Waals surface area (Å²) in [5.74, 6) is 1.98. The van der Waals surface area contributed by atoms with Crippen LogP contribution in [0.4, 0.5) is 0 Å². The molecule has 4 nitrogen and oxygen atoms in total. The van der Waals surface area contributed by atoms with Crippen LogP contribution in [0.3, 0.4) is 0 Å². The van der Waals surface area contributed by atoms with Crippen LogP contribution in [0.25, 0.3) is 0 Å². The van der Waals surface area contributed by atoms with Crippen LogP contribution in [0.5, 0.6) is 0 Å². The molecule has 0 aliphatic heterocycles. The zero-order valence-electron chi connectivity index (χ0n) is 15.6. The highest BCUT2D eigenvalue weighted by Crippen LogP contribution is 2.28. The fourth-order valence-corrected chi connectivity index (χ4v) is 3.13. The molecule has 0 saturated heterocycles. The van der Waals surface area contributed by atoms with E-state index in [0.717, 1.165) is 23.1 Å². The van der Waals surface area contributed by atoms with Crippen LogP contribution in [0, 0.1) is 11.8 Å². The summed E-state index contributed by atoms with van der Waals surface area (Å²) >= 11 is 0. The van der Waals surface area contributed by atoms with E-state index < -0.39 is 0 Å². The van der Waals surface area contributed by atoms with Crippen LogP contribution in [0.1, 0.15) is 56.7 Å². The molecular weight excluding hydrogens is 296 g/mol. The molecule has 24 heavy (non-hydrogen) atoms. The Bertz CT molecular complexity index is 500. The van der Waals surface area contributed by atoms with Crippen LogP contribution in [-0.2, 0) is 6.54 Å². The minimum absolute atomic E-state index is 0.491. The topological polar surface area (TPSA) is 54.5 Å². The highest BCUT2D eigenvalue weighted by atomic mass is 15.1. The van der Waals surface area contributed by atoms with Gasteiger partial charge in [-0.1, -0.05) is 19.8 Å². The Hall–Kier alpha value is -1.26. The fraction of sp³-hybridized carbons (Fsp3) is 0.700. The Kier molecular flexibility index (Phi) is 7.86. The largest absolute Gasteiger partial charge is 0.325 e. The summed E-state index contributed by atoms with van der Waals surface area (Å²) in [4.78, 5) is 10.8. The van der Waals surface area contributed by atoms with Crippen molar-refractivity contribution in [3.8, 4) is 0 Å². The summed E-state index contributed by atoms with van der Waals surface area (Å²) < 4.78 is 0. The zero-order chi connectivity index (χ0) is 17.4. The maximum atomic E-state index is 5.48. The van der Waals surface area contributed by atoms with E-state index in [2.05, 4.69) is 35.9 Å². The molecule has 0 amide bonds. The molecule has 0 spiro atoms. The van der Waals surface area contributed by atoms with Gasteiger partial charge < -0.3 is 10.6 Å². The van der Waals surface area contributed by atoms with Gasteiger partial charge in [-0.2, -0.15) is 0 Å². The summed E-state index contributed by atoms with van der Waals surface area (Å²) in [6, 6.07) is 4.51. The highest BCUT2D eigenvalue weighted by molar-refractivity contribution is 5.79. The van der Waals surface area contributed by atoms with Crippen molar-refractivity contribution in [3.63, 3.8) is 0 Å². The second kappa shape index (κ2) is 9.90. The molecule has 4 heteroatoms. The minimum Gasteiger partial charge on any atom is -0.325 e. The van der Waals surface area contributed by atoms with E-state index in [-0.39, 0.29) is 0 Å². The van der Waals surface area contributed by atoms with E-state index in [1.54, 1.807) is 6.20 Å². The Morgan fingerprint density at radius 2 is 1.92 bits per heavy atom. The van der Waals surface area contributed by atoms with Crippen molar-refractivity contribution < 1.29 is 0 Å². The predicted octanol–water partition coefficient (Wildman–Crippen LogP) is 3.50. The van der Waals surface area contributed by atoms with Gasteiger partial charge in [-0.15, -0.1) is 0 Å². The Balaban J connectivity index is 0.000000177. The first-order valence-corrected chi connectivity index (χ1v) is 9.39. The van der Waals surface area contributed by atoms with E-state index >= 15 is 0 Å². The monoisotopic (exact) mass is 330 g/mol. The lowest BCUT2D eigenvalue weighted by molar-refractivity contribution is 0.231. The first-order valence-electron chi connectivity index (χ1n) is 9.39. The lowest BCUT2D eigenvalue weighted by Crippen LogP contribution is -2.25. The summed E-state index contributed by atoms with van der Waals surface area (Å²) in [5.41, 5.74) is 7.50. The third-order valence-corrected chi connectivity index (χ3v) is 4.79. The molecule has 0 bridgehead atoms. The fourth-order valence-electron chi connectivity index (χ4n) is 3.13. The first-order chi connectivity index (χ1) is 11.6. The van der Waals surface area contributed by atoms with Crippen LogP contribution >= 0.6 is 0 Å². The maximum Gasteiger partial charge on any atom is 0.0545 e. The lowest BCUT2D eigenvalue weighted by atomic mass is 9.83. The molecular formula is C20H34N4. The normalized spacial score (nSPS) is 24.0. The molecule has 0 atom stereocenters. The second-order valence-corrected chi connectivity index (χ2v) is 7.68. The highest BCUT2D eigenvalue weighted by Gasteiger charge is 2.19. The van der Waals surface area contributed by atoms with Gasteiger partial charge in [0.05, 0.1) is 11.7 Å². The van der Waals surface area contributed by atoms with Crippen LogP contribution in [0.2, 0.25) is 0 Å². The Labute approximate surface area is 147 Å². The molecule has 1 aromatic rings. The van der Waals surface area contributed by atoms with Crippen LogP contribution in [0.15, 0.2) is 23.3 Å². The van der Waals surface area contributed by atoms with Crippen LogP contribution in [-0.4, -0.2) is 42.8 Å². The number of rotatable bonds is 5. The van der Waals surface area contributed by atoms with E-state index in [4.69, 9.17) is 5.73 Å².